The topological polar surface area (TPSA) is 132 Å². The van der Waals surface area contributed by atoms with Crippen molar-refractivity contribution in [2.24, 2.45) is 0 Å². The third kappa shape index (κ3) is 6.16. The summed E-state index contributed by atoms with van der Waals surface area (Å²) in [4.78, 5) is 34.8. The van der Waals surface area contributed by atoms with E-state index in [1.807, 2.05) is 30.3 Å². The average molecular weight is 459 g/mol. The Morgan fingerprint density at radius 1 is 1.19 bits per heavy atom. The summed E-state index contributed by atoms with van der Waals surface area (Å²) in [5.74, 6) is -1.07. The molecule has 2 N–H and O–H groups in total. The van der Waals surface area contributed by atoms with Gasteiger partial charge in [0.15, 0.2) is 5.75 Å². The number of nitro groups is 1. The maximum absolute atomic E-state index is 12.7. The summed E-state index contributed by atoms with van der Waals surface area (Å²) in [6, 6.07) is 13.9. The van der Waals surface area contributed by atoms with Gasteiger partial charge < -0.3 is 19.6 Å². The van der Waals surface area contributed by atoms with Crippen LogP contribution in [0.15, 0.2) is 70.1 Å². The molecule has 1 heterocycles. The molecular formula is C22H19ClN2O7. The Morgan fingerprint density at radius 3 is 2.62 bits per heavy atom. The number of esters is 1. The third-order valence-corrected chi connectivity index (χ3v) is 4.87. The Morgan fingerprint density at radius 2 is 1.94 bits per heavy atom. The van der Waals surface area contributed by atoms with Gasteiger partial charge >= 0.3 is 5.97 Å². The van der Waals surface area contributed by atoms with Crippen LogP contribution in [-0.4, -0.2) is 22.0 Å². The van der Waals surface area contributed by atoms with Gasteiger partial charge in [0.25, 0.3) is 5.69 Å². The zero-order chi connectivity index (χ0) is 23.1. The Hall–Kier alpha value is -3.69. The van der Waals surface area contributed by atoms with Crippen molar-refractivity contribution in [2.75, 3.05) is 0 Å². The predicted molar refractivity (Wildman–Crippen MR) is 115 cm³/mol. The molecule has 2 aromatic carbocycles. The molecule has 0 aliphatic carbocycles. The Kier molecular flexibility index (Phi) is 7.58. The van der Waals surface area contributed by atoms with E-state index in [0.29, 0.717) is 12.0 Å². The van der Waals surface area contributed by atoms with Gasteiger partial charge in [-0.1, -0.05) is 48.0 Å². The van der Waals surface area contributed by atoms with Crippen LogP contribution >= 0.6 is 11.6 Å². The molecule has 0 unspecified atom stereocenters. The molecule has 0 amide bonds. The number of halogens is 1. The average Bonchev–Trinajstić information content (AvgIpc) is 2.78. The minimum Gasteiger partial charge on any atom is -0.502 e. The number of carbonyl (C=O) groups excluding carboxylic acids is 1. The van der Waals surface area contributed by atoms with Gasteiger partial charge in [0.2, 0.25) is 5.43 Å². The molecule has 32 heavy (non-hydrogen) atoms. The highest BCUT2D eigenvalue weighted by atomic mass is 35.5. The zero-order valence-corrected chi connectivity index (χ0v) is 17.4. The maximum atomic E-state index is 12.7. The van der Waals surface area contributed by atoms with Crippen molar-refractivity contribution in [2.45, 2.75) is 25.6 Å². The Bertz CT molecular complexity index is 1160. The molecule has 0 bridgehead atoms. The SMILES string of the molecule is O=C(OCc1cc(=O)c(O)co1)[C@H](Cc1ccccc1)NCc1ccc(Cl)c([N+](=O)[O-])c1. The van der Waals surface area contributed by atoms with E-state index in [4.69, 9.17) is 20.8 Å². The number of carbonyl (C=O) groups is 1. The van der Waals surface area contributed by atoms with E-state index in [-0.39, 0.29) is 29.6 Å². The molecule has 166 valence electrons. The summed E-state index contributed by atoms with van der Waals surface area (Å²) in [5.41, 5.74) is 0.567. The van der Waals surface area contributed by atoms with Gasteiger partial charge in [0.05, 0.1) is 4.92 Å². The molecule has 0 aliphatic rings. The van der Waals surface area contributed by atoms with Crippen LogP contribution in [0.1, 0.15) is 16.9 Å². The highest BCUT2D eigenvalue weighted by molar-refractivity contribution is 6.32. The highest BCUT2D eigenvalue weighted by Crippen LogP contribution is 2.25. The largest absolute Gasteiger partial charge is 0.502 e. The lowest BCUT2D eigenvalue weighted by Gasteiger charge is -2.18. The molecular weight excluding hydrogens is 440 g/mol. The molecule has 3 rings (SSSR count). The van der Waals surface area contributed by atoms with Gasteiger partial charge in [-0.25, -0.2) is 0 Å². The number of ether oxygens (including phenoxy) is 1. The van der Waals surface area contributed by atoms with Crippen molar-refractivity contribution in [1.82, 2.24) is 5.32 Å². The summed E-state index contributed by atoms with van der Waals surface area (Å²) in [5, 5.41) is 23.4. The number of hydrogen-bond acceptors (Lipinski definition) is 8. The molecule has 0 fully saturated rings. The second kappa shape index (κ2) is 10.6. The minimum atomic E-state index is -0.782. The number of benzene rings is 2. The summed E-state index contributed by atoms with van der Waals surface area (Å²) < 4.78 is 10.3. The van der Waals surface area contributed by atoms with E-state index in [2.05, 4.69) is 5.32 Å². The Balaban J connectivity index is 1.71. The lowest BCUT2D eigenvalue weighted by molar-refractivity contribution is -0.384. The van der Waals surface area contributed by atoms with E-state index in [9.17, 15) is 24.8 Å². The molecule has 3 aromatic rings. The van der Waals surface area contributed by atoms with E-state index in [0.717, 1.165) is 17.9 Å². The third-order valence-electron chi connectivity index (χ3n) is 4.55. The summed E-state index contributed by atoms with van der Waals surface area (Å²) in [6.07, 6.45) is 1.17. The number of nitro benzene ring substituents is 1. The highest BCUT2D eigenvalue weighted by Gasteiger charge is 2.22. The first-order chi connectivity index (χ1) is 15.3. The number of hydrogen-bond donors (Lipinski definition) is 2. The van der Waals surface area contributed by atoms with Crippen LogP contribution in [0.4, 0.5) is 5.69 Å². The first-order valence-corrected chi connectivity index (χ1v) is 9.88. The fourth-order valence-electron chi connectivity index (χ4n) is 2.90. The van der Waals surface area contributed by atoms with Crippen molar-refractivity contribution in [3.8, 4) is 5.75 Å². The lowest BCUT2D eigenvalue weighted by atomic mass is 10.1. The zero-order valence-electron chi connectivity index (χ0n) is 16.7. The van der Waals surface area contributed by atoms with Crippen LogP contribution < -0.4 is 10.7 Å². The molecule has 0 radical (unpaired) electrons. The standard InChI is InChI=1S/C22H19ClN2O7/c23-17-7-6-15(9-19(17)25(29)30)11-24-18(8-14-4-2-1-3-5-14)22(28)32-12-16-10-20(26)21(27)13-31-16/h1-7,9-10,13,18,24,27H,8,11-12H2/t18-/m0/s1. The summed E-state index contributed by atoms with van der Waals surface area (Å²) >= 11 is 5.85. The normalized spacial score (nSPS) is 11.7. The van der Waals surface area contributed by atoms with Crippen LogP contribution in [0.3, 0.4) is 0 Å². The second-order valence-corrected chi connectivity index (χ2v) is 7.28. The van der Waals surface area contributed by atoms with E-state index in [1.54, 1.807) is 6.07 Å². The molecule has 1 aromatic heterocycles. The van der Waals surface area contributed by atoms with Gasteiger partial charge in [-0.2, -0.15) is 0 Å². The number of nitrogens with zero attached hydrogens (tertiary/aromatic N) is 1. The smallest absolute Gasteiger partial charge is 0.323 e. The van der Waals surface area contributed by atoms with Crippen molar-refractivity contribution < 1.29 is 24.0 Å². The fraction of sp³-hybridized carbons (Fsp3) is 0.182. The van der Waals surface area contributed by atoms with Gasteiger partial charge in [-0.05, 0) is 23.6 Å². The van der Waals surface area contributed by atoms with E-state index in [1.165, 1.54) is 12.1 Å². The van der Waals surface area contributed by atoms with Gasteiger partial charge in [-0.15, -0.1) is 0 Å². The second-order valence-electron chi connectivity index (χ2n) is 6.87. The molecule has 0 aliphatic heterocycles. The molecule has 0 spiro atoms. The number of rotatable bonds is 9. The van der Waals surface area contributed by atoms with Crippen molar-refractivity contribution in [3.63, 3.8) is 0 Å². The first-order valence-electron chi connectivity index (χ1n) is 9.51. The van der Waals surface area contributed by atoms with Gasteiger partial charge in [0.1, 0.15) is 29.7 Å². The molecule has 1 atom stereocenters. The maximum Gasteiger partial charge on any atom is 0.323 e. The number of aromatic hydroxyl groups is 1. The monoisotopic (exact) mass is 458 g/mol. The molecule has 10 heteroatoms. The van der Waals surface area contributed by atoms with Crippen molar-refractivity contribution >= 4 is 23.3 Å². The summed E-state index contributed by atoms with van der Waals surface area (Å²) in [7, 11) is 0. The quantitative estimate of drug-likeness (QED) is 0.283. The molecule has 9 nitrogen and oxygen atoms in total. The van der Waals surface area contributed by atoms with Crippen molar-refractivity contribution in [3.05, 3.63) is 103 Å². The molecule has 0 saturated heterocycles. The van der Waals surface area contributed by atoms with Gasteiger partial charge in [0, 0.05) is 18.7 Å². The Labute approximate surface area is 187 Å². The minimum absolute atomic E-state index is 0.0226. The molecule has 0 saturated carbocycles. The van der Waals surface area contributed by atoms with Crippen LogP contribution in [0.2, 0.25) is 5.02 Å². The van der Waals surface area contributed by atoms with E-state index < -0.39 is 28.1 Å². The fourth-order valence-corrected chi connectivity index (χ4v) is 3.09. The lowest BCUT2D eigenvalue weighted by Crippen LogP contribution is -2.39. The first kappa shape index (κ1) is 23.0. The van der Waals surface area contributed by atoms with Gasteiger partial charge in [-0.3, -0.25) is 19.7 Å². The van der Waals surface area contributed by atoms with Crippen molar-refractivity contribution in [1.29, 1.82) is 0 Å². The van der Waals surface area contributed by atoms with Crippen LogP contribution in [0, 0.1) is 10.1 Å². The summed E-state index contributed by atoms with van der Waals surface area (Å²) in [6.45, 7) is -0.146. The number of nitrogens with one attached hydrogen (secondary N) is 1. The predicted octanol–water partition coefficient (Wildman–Crippen LogP) is 3.35. The van der Waals surface area contributed by atoms with Crippen LogP contribution in [0.5, 0.6) is 5.75 Å². The van der Waals surface area contributed by atoms with E-state index >= 15 is 0 Å². The van der Waals surface area contributed by atoms with Crippen LogP contribution in [-0.2, 0) is 29.1 Å². The van der Waals surface area contributed by atoms with Crippen LogP contribution in [0.25, 0.3) is 0 Å².